The van der Waals surface area contributed by atoms with Crippen LogP contribution in [-0.2, 0) is 11.3 Å². The molecule has 1 aliphatic carbocycles. The van der Waals surface area contributed by atoms with Crippen molar-refractivity contribution >= 4 is 24.0 Å². The van der Waals surface area contributed by atoms with Crippen LogP contribution < -0.4 is 11.1 Å². The second-order valence-electron chi connectivity index (χ2n) is 6.44. The zero-order chi connectivity index (χ0) is 14.6. The molecule has 4 heteroatoms. The first-order chi connectivity index (χ1) is 9.55. The Balaban J connectivity index is 0.00000220. The summed E-state index contributed by atoms with van der Waals surface area (Å²) in [7, 11) is 0. The van der Waals surface area contributed by atoms with Crippen molar-refractivity contribution in [2.24, 2.45) is 17.1 Å². The molecular formula is C17H27ClN2O. The Morgan fingerprint density at radius 2 is 1.81 bits per heavy atom. The molecule has 0 saturated heterocycles. The van der Waals surface area contributed by atoms with Crippen LogP contribution in [0.2, 0.25) is 0 Å². The van der Waals surface area contributed by atoms with Gasteiger partial charge in [0.05, 0.1) is 0 Å². The smallest absolute Gasteiger partial charge is 0.230 e. The number of nitrogens with two attached hydrogens (primary N) is 1. The Morgan fingerprint density at radius 1 is 1.24 bits per heavy atom. The van der Waals surface area contributed by atoms with Gasteiger partial charge in [0.1, 0.15) is 0 Å². The number of amides is 1. The second kappa shape index (κ2) is 7.81. The molecule has 0 unspecified atom stereocenters. The Kier molecular flexibility index (Phi) is 6.69. The van der Waals surface area contributed by atoms with E-state index in [4.69, 9.17) is 5.73 Å². The van der Waals surface area contributed by atoms with Crippen molar-refractivity contribution in [1.82, 2.24) is 0 Å². The molecule has 0 aliphatic heterocycles. The van der Waals surface area contributed by atoms with Crippen LogP contribution in [0.1, 0.15) is 51.5 Å². The number of carbonyl (C=O) groups excluding carboxylic acids is 1. The first kappa shape index (κ1) is 18.0. The van der Waals surface area contributed by atoms with Gasteiger partial charge in [-0.1, -0.05) is 38.8 Å². The lowest BCUT2D eigenvalue weighted by atomic mass is 9.77. The maximum atomic E-state index is 12.7. The molecular weight excluding hydrogens is 284 g/mol. The van der Waals surface area contributed by atoms with E-state index in [1.807, 2.05) is 24.3 Å². The second-order valence-corrected chi connectivity index (χ2v) is 6.44. The summed E-state index contributed by atoms with van der Waals surface area (Å²) in [4.78, 5) is 12.7. The van der Waals surface area contributed by atoms with Crippen molar-refractivity contribution in [2.45, 2.75) is 52.5 Å². The summed E-state index contributed by atoms with van der Waals surface area (Å²) in [5, 5.41) is 3.10. The van der Waals surface area contributed by atoms with Crippen LogP contribution in [0, 0.1) is 11.3 Å². The summed E-state index contributed by atoms with van der Waals surface area (Å²) in [5.41, 5.74) is 7.40. The standard InChI is InChI=1S/C17H26N2O.ClH/c1-13(2)11-17(9-3-4-10-17)16(20)19-15-7-5-14(12-18)6-8-15;/h5-8,13H,3-4,9-12,18H2,1-2H3,(H,19,20);1H. The lowest BCUT2D eigenvalue weighted by Gasteiger charge is -2.29. The third-order valence-electron chi connectivity index (χ3n) is 4.29. The largest absolute Gasteiger partial charge is 0.326 e. The summed E-state index contributed by atoms with van der Waals surface area (Å²) in [6.07, 6.45) is 5.38. The summed E-state index contributed by atoms with van der Waals surface area (Å²) in [6.45, 7) is 4.93. The van der Waals surface area contributed by atoms with Gasteiger partial charge in [-0.3, -0.25) is 4.79 Å². The van der Waals surface area contributed by atoms with E-state index in [9.17, 15) is 4.79 Å². The predicted octanol–water partition coefficient (Wildman–Crippen LogP) is 4.11. The fourth-order valence-corrected chi connectivity index (χ4v) is 3.34. The minimum absolute atomic E-state index is 0. The van der Waals surface area contributed by atoms with Gasteiger partial charge >= 0.3 is 0 Å². The van der Waals surface area contributed by atoms with Gasteiger partial charge in [0.2, 0.25) is 5.91 Å². The lowest BCUT2D eigenvalue weighted by Crippen LogP contribution is -2.35. The first-order valence-electron chi connectivity index (χ1n) is 7.66. The summed E-state index contributed by atoms with van der Waals surface area (Å²) in [5.74, 6) is 0.752. The predicted molar refractivity (Wildman–Crippen MR) is 90.6 cm³/mol. The van der Waals surface area contributed by atoms with E-state index in [1.54, 1.807) is 0 Å². The maximum absolute atomic E-state index is 12.7. The van der Waals surface area contributed by atoms with Crippen LogP contribution in [0.5, 0.6) is 0 Å². The highest BCUT2D eigenvalue weighted by molar-refractivity contribution is 5.95. The van der Waals surface area contributed by atoms with Crippen molar-refractivity contribution < 1.29 is 4.79 Å². The van der Waals surface area contributed by atoms with Gasteiger partial charge in [0.15, 0.2) is 0 Å². The molecule has 3 nitrogen and oxygen atoms in total. The monoisotopic (exact) mass is 310 g/mol. The topological polar surface area (TPSA) is 55.1 Å². The molecule has 0 spiro atoms. The number of anilines is 1. The van der Waals surface area contributed by atoms with E-state index < -0.39 is 0 Å². The van der Waals surface area contributed by atoms with Gasteiger partial charge < -0.3 is 11.1 Å². The number of hydrogen-bond acceptors (Lipinski definition) is 2. The van der Waals surface area contributed by atoms with Gasteiger partial charge in [0.25, 0.3) is 0 Å². The molecule has 0 aromatic heterocycles. The molecule has 1 aliphatic rings. The number of carbonyl (C=O) groups is 1. The highest BCUT2D eigenvalue weighted by Crippen LogP contribution is 2.44. The van der Waals surface area contributed by atoms with Crippen molar-refractivity contribution in [3.8, 4) is 0 Å². The number of nitrogens with one attached hydrogen (secondary N) is 1. The van der Waals surface area contributed by atoms with Gasteiger partial charge in [-0.25, -0.2) is 0 Å². The van der Waals surface area contributed by atoms with E-state index >= 15 is 0 Å². The molecule has 21 heavy (non-hydrogen) atoms. The fourth-order valence-electron chi connectivity index (χ4n) is 3.34. The van der Waals surface area contributed by atoms with E-state index in [0.717, 1.165) is 30.5 Å². The first-order valence-corrected chi connectivity index (χ1v) is 7.66. The van der Waals surface area contributed by atoms with E-state index in [1.165, 1.54) is 12.8 Å². The van der Waals surface area contributed by atoms with E-state index in [-0.39, 0.29) is 23.7 Å². The molecule has 0 radical (unpaired) electrons. The molecule has 0 bridgehead atoms. The third kappa shape index (κ3) is 4.45. The Labute approximate surface area is 134 Å². The maximum Gasteiger partial charge on any atom is 0.230 e. The van der Waals surface area contributed by atoms with Crippen molar-refractivity contribution in [1.29, 1.82) is 0 Å². The normalized spacial score (nSPS) is 16.6. The zero-order valence-corrected chi connectivity index (χ0v) is 13.8. The van der Waals surface area contributed by atoms with E-state index in [2.05, 4.69) is 19.2 Å². The molecule has 2 rings (SSSR count). The third-order valence-corrected chi connectivity index (χ3v) is 4.29. The molecule has 0 heterocycles. The van der Waals surface area contributed by atoms with Crippen LogP contribution in [0.15, 0.2) is 24.3 Å². The molecule has 0 atom stereocenters. The lowest BCUT2D eigenvalue weighted by molar-refractivity contribution is -0.126. The SMILES string of the molecule is CC(C)CC1(C(=O)Nc2ccc(CN)cc2)CCCC1.Cl. The number of benzene rings is 1. The number of halogens is 1. The molecule has 1 saturated carbocycles. The molecule has 1 amide bonds. The molecule has 1 aromatic rings. The van der Waals surface area contributed by atoms with Crippen LogP contribution in [0.4, 0.5) is 5.69 Å². The number of hydrogen-bond donors (Lipinski definition) is 2. The highest BCUT2D eigenvalue weighted by Gasteiger charge is 2.41. The van der Waals surface area contributed by atoms with Gasteiger partial charge in [-0.15, -0.1) is 12.4 Å². The average molecular weight is 311 g/mol. The molecule has 3 N–H and O–H groups in total. The van der Waals surface area contributed by atoms with Crippen LogP contribution in [0.3, 0.4) is 0 Å². The van der Waals surface area contributed by atoms with Crippen molar-refractivity contribution in [2.75, 3.05) is 5.32 Å². The Hall–Kier alpha value is -1.06. The number of rotatable bonds is 5. The minimum Gasteiger partial charge on any atom is -0.326 e. The molecule has 1 aromatic carbocycles. The average Bonchev–Trinajstić information content (AvgIpc) is 2.88. The van der Waals surface area contributed by atoms with Crippen molar-refractivity contribution in [3.63, 3.8) is 0 Å². The highest BCUT2D eigenvalue weighted by atomic mass is 35.5. The fraction of sp³-hybridized carbons (Fsp3) is 0.588. The van der Waals surface area contributed by atoms with Gasteiger partial charge in [-0.05, 0) is 42.9 Å². The summed E-state index contributed by atoms with van der Waals surface area (Å²) >= 11 is 0. The van der Waals surface area contributed by atoms with Gasteiger partial charge in [0, 0.05) is 17.6 Å². The Bertz CT molecular complexity index is 450. The van der Waals surface area contributed by atoms with Crippen molar-refractivity contribution in [3.05, 3.63) is 29.8 Å². The van der Waals surface area contributed by atoms with E-state index in [0.29, 0.717) is 12.5 Å². The van der Waals surface area contributed by atoms with Crippen LogP contribution in [0.25, 0.3) is 0 Å². The minimum atomic E-state index is -0.152. The van der Waals surface area contributed by atoms with Crippen LogP contribution in [-0.4, -0.2) is 5.91 Å². The quantitative estimate of drug-likeness (QED) is 0.859. The molecule has 118 valence electrons. The zero-order valence-electron chi connectivity index (χ0n) is 13.0. The van der Waals surface area contributed by atoms with Gasteiger partial charge in [-0.2, -0.15) is 0 Å². The summed E-state index contributed by atoms with van der Waals surface area (Å²) < 4.78 is 0. The molecule has 1 fully saturated rings. The summed E-state index contributed by atoms with van der Waals surface area (Å²) in [6, 6.07) is 7.83. The van der Waals surface area contributed by atoms with Crippen LogP contribution >= 0.6 is 12.4 Å². The Morgan fingerprint density at radius 3 is 2.29 bits per heavy atom.